The Bertz CT molecular complexity index is 328. The molecule has 16 heavy (non-hydrogen) atoms. The van der Waals surface area contributed by atoms with Crippen molar-refractivity contribution in [3.8, 4) is 5.88 Å². The number of rotatable bonds is 6. The first-order chi connectivity index (χ1) is 7.61. The molecule has 1 heterocycles. The van der Waals surface area contributed by atoms with E-state index in [-0.39, 0.29) is 0 Å². The lowest BCUT2D eigenvalue weighted by molar-refractivity contribution is 0.253. The van der Waals surface area contributed by atoms with E-state index in [1.165, 1.54) is 0 Å². The molecule has 5 heteroatoms. The van der Waals surface area contributed by atoms with Gasteiger partial charge in [0.1, 0.15) is 18.2 Å². The zero-order chi connectivity index (χ0) is 12.0. The van der Waals surface area contributed by atoms with Gasteiger partial charge < -0.3 is 15.4 Å². The van der Waals surface area contributed by atoms with Crippen LogP contribution in [0.25, 0.3) is 0 Å². The van der Waals surface area contributed by atoms with Crippen LogP contribution in [0.5, 0.6) is 5.88 Å². The van der Waals surface area contributed by atoms with Crippen LogP contribution in [0.4, 0.5) is 5.82 Å². The van der Waals surface area contributed by atoms with Gasteiger partial charge in [-0.3, -0.25) is 0 Å². The number of hydrogen-bond donors (Lipinski definition) is 1. The Hall–Kier alpha value is -1.36. The summed E-state index contributed by atoms with van der Waals surface area (Å²) in [6, 6.07) is 1.66. The van der Waals surface area contributed by atoms with Crippen molar-refractivity contribution < 1.29 is 4.74 Å². The first-order valence-electron chi connectivity index (χ1n) is 5.52. The molecular weight excluding hydrogens is 204 g/mol. The highest BCUT2D eigenvalue weighted by atomic mass is 16.5. The number of anilines is 1. The van der Waals surface area contributed by atoms with Gasteiger partial charge in [0.15, 0.2) is 0 Å². The Kier molecular flexibility index (Phi) is 4.98. The quantitative estimate of drug-likeness (QED) is 0.779. The van der Waals surface area contributed by atoms with Crippen LogP contribution in [-0.4, -0.2) is 42.1 Å². The van der Waals surface area contributed by atoms with E-state index in [0.29, 0.717) is 18.3 Å². The van der Waals surface area contributed by atoms with Gasteiger partial charge >= 0.3 is 0 Å². The summed E-state index contributed by atoms with van der Waals surface area (Å²) < 4.78 is 5.51. The van der Waals surface area contributed by atoms with E-state index in [0.717, 1.165) is 25.2 Å². The molecule has 0 unspecified atom stereocenters. The van der Waals surface area contributed by atoms with E-state index in [2.05, 4.69) is 21.8 Å². The molecule has 0 aliphatic rings. The van der Waals surface area contributed by atoms with E-state index < -0.39 is 0 Å². The number of hydrogen-bond acceptors (Lipinski definition) is 5. The molecule has 0 aromatic carbocycles. The molecule has 0 aliphatic heterocycles. The average Bonchev–Trinajstić information content (AvgIpc) is 2.16. The fourth-order valence-corrected chi connectivity index (χ4v) is 1.23. The molecule has 0 atom stereocenters. The maximum absolute atomic E-state index is 5.68. The SMILES string of the molecule is CCCc1nc(N)cc(OCCN(C)C)n1. The average molecular weight is 224 g/mol. The first-order valence-corrected chi connectivity index (χ1v) is 5.52. The van der Waals surface area contributed by atoms with Crippen LogP contribution in [-0.2, 0) is 6.42 Å². The van der Waals surface area contributed by atoms with Crippen LogP contribution in [0, 0.1) is 0 Å². The monoisotopic (exact) mass is 224 g/mol. The van der Waals surface area contributed by atoms with Crippen molar-refractivity contribution in [3.05, 3.63) is 11.9 Å². The number of nitrogens with two attached hydrogens (primary N) is 1. The molecular formula is C11H20N4O. The van der Waals surface area contributed by atoms with E-state index in [9.17, 15) is 0 Å². The predicted molar refractivity (Wildman–Crippen MR) is 64.5 cm³/mol. The van der Waals surface area contributed by atoms with E-state index >= 15 is 0 Å². The lowest BCUT2D eigenvalue weighted by Gasteiger charge is -2.11. The summed E-state index contributed by atoms with van der Waals surface area (Å²) in [5.74, 6) is 1.79. The number of likely N-dealkylation sites (N-methyl/N-ethyl adjacent to an activating group) is 1. The Balaban J connectivity index is 2.58. The number of nitrogen functional groups attached to an aromatic ring is 1. The van der Waals surface area contributed by atoms with Crippen molar-refractivity contribution in [1.82, 2.24) is 14.9 Å². The smallest absolute Gasteiger partial charge is 0.218 e. The van der Waals surface area contributed by atoms with Gasteiger partial charge in [0, 0.05) is 19.0 Å². The van der Waals surface area contributed by atoms with Gasteiger partial charge in [0.05, 0.1) is 0 Å². The van der Waals surface area contributed by atoms with Gasteiger partial charge in [-0.15, -0.1) is 0 Å². The van der Waals surface area contributed by atoms with Crippen LogP contribution < -0.4 is 10.5 Å². The second kappa shape index (κ2) is 6.27. The van der Waals surface area contributed by atoms with Gasteiger partial charge in [0.2, 0.25) is 5.88 Å². The molecule has 90 valence electrons. The lowest BCUT2D eigenvalue weighted by atomic mass is 10.3. The number of ether oxygens (including phenoxy) is 1. The highest BCUT2D eigenvalue weighted by Crippen LogP contribution is 2.11. The number of aromatic nitrogens is 2. The molecule has 1 aromatic rings. The third kappa shape index (κ3) is 4.44. The molecule has 1 rings (SSSR count). The van der Waals surface area contributed by atoms with Crippen molar-refractivity contribution in [3.63, 3.8) is 0 Å². The van der Waals surface area contributed by atoms with Gasteiger partial charge in [-0.1, -0.05) is 6.92 Å². The molecule has 5 nitrogen and oxygen atoms in total. The third-order valence-corrected chi connectivity index (χ3v) is 2.03. The normalized spacial score (nSPS) is 10.8. The summed E-state index contributed by atoms with van der Waals surface area (Å²) in [4.78, 5) is 10.5. The number of aryl methyl sites for hydroxylation is 1. The minimum Gasteiger partial charge on any atom is -0.476 e. The van der Waals surface area contributed by atoms with Crippen molar-refractivity contribution >= 4 is 5.82 Å². The maximum Gasteiger partial charge on any atom is 0.218 e. The third-order valence-electron chi connectivity index (χ3n) is 2.03. The molecule has 0 saturated heterocycles. The van der Waals surface area contributed by atoms with Crippen molar-refractivity contribution in [2.75, 3.05) is 33.0 Å². The summed E-state index contributed by atoms with van der Waals surface area (Å²) in [6.07, 6.45) is 1.83. The second-order valence-electron chi connectivity index (χ2n) is 3.95. The minimum absolute atomic E-state index is 0.471. The second-order valence-corrected chi connectivity index (χ2v) is 3.95. The molecule has 0 bridgehead atoms. The minimum atomic E-state index is 0.471. The summed E-state index contributed by atoms with van der Waals surface area (Å²) in [5, 5.41) is 0. The Morgan fingerprint density at radius 3 is 2.75 bits per heavy atom. The van der Waals surface area contributed by atoms with E-state index in [1.807, 2.05) is 14.1 Å². The molecule has 0 fully saturated rings. The van der Waals surface area contributed by atoms with Gasteiger partial charge in [0.25, 0.3) is 0 Å². The van der Waals surface area contributed by atoms with Crippen molar-refractivity contribution in [2.45, 2.75) is 19.8 Å². The predicted octanol–water partition coefficient (Wildman–Crippen LogP) is 0.952. The fraction of sp³-hybridized carbons (Fsp3) is 0.636. The van der Waals surface area contributed by atoms with Gasteiger partial charge in [-0.2, -0.15) is 4.98 Å². The highest BCUT2D eigenvalue weighted by molar-refractivity contribution is 5.32. The zero-order valence-corrected chi connectivity index (χ0v) is 10.2. The van der Waals surface area contributed by atoms with Crippen molar-refractivity contribution in [2.24, 2.45) is 0 Å². The molecule has 0 saturated carbocycles. The Labute approximate surface area is 96.6 Å². The van der Waals surface area contributed by atoms with Gasteiger partial charge in [-0.25, -0.2) is 4.98 Å². The molecule has 0 radical (unpaired) electrons. The summed E-state index contributed by atoms with van der Waals surface area (Å²) in [6.45, 7) is 3.54. The molecule has 0 amide bonds. The van der Waals surface area contributed by atoms with Crippen LogP contribution in [0.1, 0.15) is 19.2 Å². The standard InChI is InChI=1S/C11H20N4O/c1-4-5-10-13-9(12)8-11(14-10)16-7-6-15(2)3/h8H,4-7H2,1-3H3,(H2,12,13,14). The van der Waals surface area contributed by atoms with E-state index in [1.54, 1.807) is 6.07 Å². The van der Waals surface area contributed by atoms with Crippen LogP contribution >= 0.6 is 0 Å². The molecule has 0 spiro atoms. The van der Waals surface area contributed by atoms with Crippen LogP contribution in [0.15, 0.2) is 6.07 Å². The van der Waals surface area contributed by atoms with E-state index in [4.69, 9.17) is 10.5 Å². The Morgan fingerprint density at radius 2 is 2.12 bits per heavy atom. The summed E-state index contributed by atoms with van der Waals surface area (Å²) in [5.41, 5.74) is 5.68. The van der Waals surface area contributed by atoms with Gasteiger partial charge in [-0.05, 0) is 20.5 Å². The lowest BCUT2D eigenvalue weighted by Crippen LogP contribution is -2.20. The first kappa shape index (κ1) is 12.7. The molecule has 2 N–H and O–H groups in total. The summed E-state index contributed by atoms with van der Waals surface area (Å²) >= 11 is 0. The number of nitrogens with zero attached hydrogens (tertiary/aromatic N) is 3. The largest absolute Gasteiger partial charge is 0.476 e. The Morgan fingerprint density at radius 1 is 1.38 bits per heavy atom. The zero-order valence-electron chi connectivity index (χ0n) is 10.2. The molecule has 1 aromatic heterocycles. The highest BCUT2D eigenvalue weighted by Gasteiger charge is 2.03. The maximum atomic E-state index is 5.68. The van der Waals surface area contributed by atoms with Crippen molar-refractivity contribution in [1.29, 1.82) is 0 Å². The fourth-order valence-electron chi connectivity index (χ4n) is 1.23. The molecule has 0 aliphatic carbocycles. The topological polar surface area (TPSA) is 64.3 Å². The van der Waals surface area contributed by atoms with Crippen LogP contribution in [0.2, 0.25) is 0 Å². The summed E-state index contributed by atoms with van der Waals surface area (Å²) in [7, 11) is 4.00. The van der Waals surface area contributed by atoms with Crippen LogP contribution in [0.3, 0.4) is 0 Å².